The van der Waals surface area contributed by atoms with Gasteiger partial charge in [-0.3, -0.25) is 0 Å². The highest BCUT2D eigenvalue weighted by molar-refractivity contribution is 5.95. The van der Waals surface area contributed by atoms with E-state index in [2.05, 4.69) is 15.0 Å². The van der Waals surface area contributed by atoms with Gasteiger partial charge in [0.05, 0.1) is 12.5 Å². The van der Waals surface area contributed by atoms with Crippen molar-refractivity contribution < 1.29 is 14.3 Å². The Hall–Kier alpha value is -2.11. The first kappa shape index (κ1) is 12.3. The molecule has 0 atom stereocenters. The summed E-state index contributed by atoms with van der Waals surface area (Å²) in [6.45, 7) is 5.44. The summed E-state index contributed by atoms with van der Waals surface area (Å²) in [4.78, 5) is 22.8. The molecule has 96 valence electrons. The van der Waals surface area contributed by atoms with Crippen molar-refractivity contribution in [3.8, 4) is 5.88 Å². The molecule has 2 aromatic heterocycles. The predicted molar refractivity (Wildman–Crippen MR) is 65.6 cm³/mol. The largest absolute Gasteiger partial charge is 0.480 e. The molecule has 0 unspecified atom stereocenters. The van der Waals surface area contributed by atoms with Crippen molar-refractivity contribution in [2.45, 2.75) is 26.4 Å². The van der Waals surface area contributed by atoms with Gasteiger partial charge in [-0.25, -0.2) is 14.8 Å². The first-order valence-electron chi connectivity index (χ1n) is 5.52. The quantitative estimate of drug-likeness (QED) is 0.823. The van der Waals surface area contributed by atoms with E-state index in [1.165, 1.54) is 13.4 Å². The molecule has 0 aliphatic carbocycles. The van der Waals surface area contributed by atoms with E-state index in [1.54, 1.807) is 6.07 Å². The highest BCUT2D eigenvalue weighted by Crippen LogP contribution is 2.22. The van der Waals surface area contributed by atoms with Crippen LogP contribution in [0.2, 0.25) is 0 Å². The maximum Gasteiger partial charge on any atom is 0.355 e. The van der Waals surface area contributed by atoms with Gasteiger partial charge < -0.3 is 14.5 Å². The van der Waals surface area contributed by atoms with Crippen LogP contribution in [0.1, 0.15) is 31.3 Å². The first-order valence-corrected chi connectivity index (χ1v) is 5.52. The van der Waals surface area contributed by atoms with Crippen molar-refractivity contribution >= 4 is 17.0 Å². The molecule has 0 aliphatic heterocycles. The van der Waals surface area contributed by atoms with Gasteiger partial charge in [-0.2, -0.15) is 0 Å². The van der Waals surface area contributed by atoms with E-state index in [0.29, 0.717) is 22.6 Å². The number of esters is 1. The Labute approximate surface area is 104 Å². The summed E-state index contributed by atoms with van der Waals surface area (Å²) in [5.74, 6) is -0.00592. The molecule has 0 amide bonds. The highest BCUT2D eigenvalue weighted by Gasteiger charge is 2.20. The van der Waals surface area contributed by atoms with Gasteiger partial charge in [0.2, 0.25) is 5.88 Å². The maximum atomic E-state index is 11.9. The molecule has 2 rings (SSSR count). The minimum atomic E-state index is -0.538. The van der Waals surface area contributed by atoms with Gasteiger partial charge in [0.25, 0.3) is 0 Å². The zero-order chi connectivity index (χ0) is 13.3. The average molecular weight is 249 g/mol. The third-order valence-corrected chi connectivity index (χ3v) is 2.20. The van der Waals surface area contributed by atoms with E-state index in [-0.39, 0.29) is 0 Å². The Kier molecular flexibility index (Phi) is 2.94. The van der Waals surface area contributed by atoms with E-state index < -0.39 is 11.6 Å². The maximum absolute atomic E-state index is 11.9. The number of hydrogen-bond acceptors (Lipinski definition) is 5. The summed E-state index contributed by atoms with van der Waals surface area (Å²) in [6, 6.07) is 1.63. The third kappa shape index (κ3) is 2.42. The zero-order valence-corrected chi connectivity index (χ0v) is 10.8. The number of ether oxygens (including phenoxy) is 2. The molecule has 0 aliphatic rings. The fourth-order valence-electron chi connectivity index (χ4n) is 1.52. The molecule has 1 N–H and O–H groups in total. The smallest absolute Gasteiger partial charge is 0.355 e. The number of nitrogens with zero attached hydrogens (tertiary/aromatic N) is 2. The molecule has 6 heteroatoms. The number of rotatable bonds is 2. The Morgan fingerprint density at radius 1 is 1.33 bits per heavy atom. The number of carbonyl (C=O) groups is 1. The number of H-pyrrole nitrogens is 1. The number of aromatic nitrogens is 3. The van der Waals surface area contributed by atoms with Gasteiger partial charge in [-0.05, 0) is 26.8 Å². The van der Waals surface area contributed by atoms with Crippen molar-refractivity contribution in [2.24, 2.45) is 0 Å². The molecule has 2 heterocycles. The van der Waals surface area contributed by atoms with Gasteiger partial charge in [0.1, 0.15) is 23.3 Å². The Balaban J connectivity index is 2.39. The van der Waals surface area contributed by atoms with Crippen molar-refractivity contribution in [3.05, 3.63) is 18.1 Å². The second-order valence-corrected chi connectivity index (χ2v) is 4.83. The van der Waals surface area contributed by atoms with Gasteiger partial charge >= 0.3 is 5.97 Å². The van der Waals surface area contributed by atoms with Gasteiger partial charge in [0, 0.05) is 0 Å². The average Bonchev–Trinajstić information content (AvgIpc) is 2.70. The molecular formula is C12H15N3O3. The molecule has 0 bridgehead atoms. The number of methoxy groups -OCH3 is 1. The SMILES string of the molecule is COc1ncnc2[nH]c(C(=O)OC(C)(C)C)cc12. The lowest BCUT2D eigenvalue weighted by molar-refractivity contribution is 0.00638. The summed E-state index contributed by atoms with van der Waals surface area (Å²) >= 11 is 0. The van der Waals surface area contributed by atoms with E-state index in [1.807, 2.05) is 20.8 Å². The molecule has 0 fully saturated rings. The van der Waals surface area contributed by atoms with Crippen LogP contribution in [-0.2, 0) is 4.74 Å². The Bertz CT molecular complexity index is 584. The van der Waals surface area contributed by atoms with Crippen molar-refractivity contribution in [2.75, 3.05) is 7.11 Å². The fourth-order valence-corrected chi connectivity index (χ4v) is 1.52. The number of aromatic amines is 1. The molecule has 0 saturated carbocycles. The van der Waals surface area contributed by atoms with Gasteiger partial charge in [-0.1, -0.05) is 0 Å². The number of carbonyl (C=O) groups excluding carboxylic acids is 1. The Morgan fingerprint density at radius 2 is 2.06 bits per heavy atom. The standard InChI is InChI=1S/C12H15N3O3/c1-12(2,3)18-11(16)8-5-7-9(15-8)13-6-14-10(7)17-4/h5-6H,1-4H3,(H,13,14,15). The van der Waals surface area contributed by atoms with Crippen LogP contribution >= 0.6 is 0 Å². The molecule has 18 heavy (non-hydrogen) atoms. The number of fused-ring (bicyclic) bond motifs is 1. The first-order chi connectivity index (χ1) is 8.40. The van der Waals surface area contributed by atoms with Crippen LogP contribution in [0.15, 0.2) is 12.4 Å². The second kappa shape index (κ2) is 4.29. The van der Waals surface area contributed by atoms with Crippen LogP contribution in [0.4, 0.5) is 0 Å². The lowest BCUT2D eigenvalue weighted by atomic mass is 10.2. The summed E-state index contributed by atoms with van der Waals surface area (Å²) in [5, 5.41) is 0.654. The van der Waals surface area contributed by atoms with Crippen LogP contribution in [-0.4, -0.2) is 33.6 Å². The predicted octanol–water partition coefficient (Wildman–Crippen LogP) is 1.92. The molecular weight excluding hydrogens is 234 g/mol. The second-order valence-electron chi connectivity index (χ2n) is 4.83. The van der Waals surface area contributed by atoms with Crippen molar-refractivity contribution in [3.63, 3.8) is 0 Å². The van der Waals surface area contributed by atoms with Crippen LogP contribution in [0, 0.1) is 0 Å². The zero-order valence-electron chi connectivity index (χ0n) is 10.8. The normalized spacial score (nSPS) is 11.6. The minimum Gasteiger partial charge on any atom is -0.480 e. The summed E-state index contributed by atoms with van der Waals surface area (Å²) in [5.41, 5.74) is 0.339. The van der Waals surface area contributed by atoms with E-state index in [9.17, 15) is 4.79 Å². The van der Waals surface area contributed by atoms with Crippen molar-refractivity contribution in [1.82, 2.24) is 15.0 Å². The highest BCUT2D eigenvalue weighted by atomic mass is 16.6. The van der Waals surface area contributed by atoms with Crippen molar-refractivity contribution in [1.29, 1.82) is 0 Å². The molecule has 2 aromatic rings. The molecule has 0 spiro atoms. The number of hydrogen-bond donors (Lipinski definition) is 1. The monoisotopic (exact) mass is 249 g/mol. The minimum absolute atomic E-state index is 0.332. The lowest BCUT2D eigenvalue weighted by Gasteiger charge is -2.18. The van der Waals surface area contributed by atoms with E-state index in [0.717, 1.165) is 0 Å². The molecule has 0 radical (unpaired) electrons. The molecule has 0 aromatic carbocycles. The van der Waals surface area contributed by atoms with Crippen LogP contribution in [0.5, 0.6) is 5.88 Å². The number of nitrogens with one attached hydrogen (secondary N) is 1. The van der Waals surface area contributed by atoms with E-state index in [4.69, 9.17) is 9.47 Å². The summed E-state index contributed by atoms with van der Waals surface area (Å²) < 4.78 is 10.4. The van der Waals surface area contributed by atoms with Gasteiger partial charge in [-0.15, -0.1) is 0 Å². The van der Waals surface area contributed by atoms with Crippen LogP contribution < -0.4 is 4.74 Å². The third-order valence-electron chi connectivity index (χ3n) is 2.20. The van der Waals surface area contributed by atoms with Gasteiger partial charge in [0.15, 0.2) is 0 Å². The van der Waals surface area contributed by atoms with Crippen LogP contribution in [0.25, 0.3) is 11.0 Å². The topological polar surface area (TPSA) is 77.1 Å². The fraction of sp³-hybridized carbons (Fsp3) is 0.417. The van der Waals surface area contributed by atoms with Crippen LogP contribution in [0.3, 0.4) is 0 Å². The molecule has 0 saturated heterocycles. The summed E-state index contributed by atoms with van der Waals surface area (Å²) in [6.07, 6.45) is 1.37. The lowest BCUT2D eigenvalue weighted by Crippen LogP contribution is -2.24. The molecule has 6 nitrogen and oxygen atoms in total. The van der Waals surface area contributed by atoms with E-state index >= 15 is 0 Å². The summed E-state index contributed by atoms with van der Waals surface area (Å²) in [7, 11) is 1.52. The Morgan fingerprint density at radius 3 is 2.67 bits per heavy atom.